The largest absolute Gasteiger partial charge is 0.493 e. The molecule has 0 heterocycles. The average Bonchev–Trinajstić information content (AvgIpc) is 2.96. The second-order valence-corrected chi connectivity index (χ2v) is 10.2. The van der Waals surface area contributed by atoms with E-state index in [1.807, 2.05) is 49.4 Å². The van der Waals surface area contributed by atoms with Crippen molar-refractivity contribution in [3.63, 3.8) is 0 Å². The molecular weight excluding hydrogens is 498 g/mol. The topological polar surface area (TPSA) is 72.9 Å². The third kappa shape index (κ3) is 6.30. The number of anilines is 1. The highest BCUT2D eigenvalue weighted by Crippen LogP contribution is 2.30. The van der Waals surface area contributed by atoms with E-state index >= 15 is 0 Å². The Kier molecular flexibility index (Phi) is 8.61. The van der Waals surface area contributed by atoms with Crippen molar-refractivity contribution in [1.29, 1.82) is 0 Å². The van der Waals surface area contributed by atoms with Crippen molar-refractivity contribution in [2.24, 2.45) is 0 Å². The van der Waals surface area contributed by atoms with Gasteiger partial charge in [-0.1, -0.05) is 73.7 Å². The number of amides is 1. The monoisotopic (exact) mass is 527 g/mol. The molecule has 0 radical (unpaired) electrons. The molecule has 0 bridgehead atoms. The molecule has 0 aliphatic heterocycles. The van der Waals surface area contributed by atoms with Gasteiger partial charge in [0.2, 0.25) is 0 Å². The van der Waals surface area contributed by atoms with Gasteiger partial charge in [-0.05, 0) is 65.6 Å². The van der Waals surface area contributed by atoms with Crippen molar-refractivity contribution in [2.75, 3.05) is 11.4 Å². The van der Waals surface area contributed by atoms with E-state index in [2.05, 4.69) is 0 Å². The molecule has 1 amide bonds. The van der Waals surface area contributed by atoms with Crippen molar-refractivity contribution in [2.45, 2.75) is 24.8 Å². The van der Waals surface area contributed by atoms with Gasteiger partial charge in [-0.25, -0.2) is 8.42 Å². The molecule has 0 unspecified atom stereocenters. The van der Waals surface area contributed by atoms with Crippen LogP contribution in [-0.2, 0) is 27.8 Å². The molecule has 0 atom stereocenters. The number of hydrogen-bond donors (Lipinski definition) is 0. The summed E-state index contributed by atoms with van der Waals surface area (Å²) in [6, 6.07) is 29.9. The van der Waals surface area contributed by atoms with Gasteiger partial charge in [-0.2, -0.15) is 4.31 Å². The Morgan fingerprint density at radius 3 is 2.11 bits per heavy atom. The summed E-state index contributed by atoms with van der Waals surface area (Å²) >= 11 is 0. The Labute approximate surface area is 223 Å². The SMILES string of the molecule is CCc1ccc(N(C(=O)/C=C/c2ccc(OCc3ccccc3)c(OC)c2)S(=O)(=O)c2ccccc2)cc1. The minimum absolute atomic E-state index is 0.0305. The summed E-state index contributed by atoms with van der Waals surface area (Å²) in [5.41, 5.74) is 2.98. The van der Waals surface area contributed by atoms with Crippen LogP contribution in [0, 0.1) is 0 Å². The van der Waals surface area contributed by atoms with Crippen molar-refractivity contribution < 1.29 is 22.7 Å². The molecule has 4 aromatic carbocycles. The molecule has 4 rings (SSSR count). The lowest BCUT2D eigenvalue weighted by molar-refractivity contribution is -0.113. The van der Waals surface area contributed by atoms with Gasteiger partial charge in [0.1, 0.15) is 6.61 Å². The molecule has 0 aliphatic rings. The summed E-state index contributed by atoms with van der Waals surface area (Å²) in [6.45, 7) is 2.39. The predicted octanol–water partition coefficient (Wildman–Crippen LogP) is 6.27. The van der Waals surface area contributed by atoms with Crippen LogP contribution in [0.1, 0.15) is 23.6 Å². The molecule has 0 fully saturated rings. The number of carbonyl (C=O) groups excluding carboxylic acids is 1. The van der Waals surface area contributed by atoms with Gasteiger partial charge in [0.05, 0.1) is 17.7 Å². The second kappa shape index (κ2) is 12.3. The summed E-state index contributed by atoms with van der Waals surface area (Å²) in [6.07, 6.45) is 3.60. The van der Waals surface area contributed by atoms with Crippen molar-refractivity contribution in [1.82, 2.24) is 0 Å². The zero-order valence-electron chi connectivity index (χ0n) is 21.3. The Balaban J connectivity index is 1.60. The molecule has 7 heteroatoms. The van der Waals surface area contributed by atoms with Crippen LogP contribution in [0.25, 0.3) is 6.08 Å². The highest BCUT2D eigenvalue weighted by atomic mass is 32.2. The zero-order valence-corrected chi connectivity index (χ0v) is 22.1. The average molecular weight is 528 g/mol. The first-order valence-corrected chi connectivity index (χ1v) is 13.6. The molecular formula is C31H29NO5S. The highest BCUT2D eigenvalue weighted by molar-refractivity contribution is 7.93. The van der Waals surface area contributed by atoms with Crippen molar-refractivity contribution >= 4 is 27.7 Å². The molecule has 0 N–H and O–H groups in total. The lowest BCUT2D eigenvalue weighted by atomic mass is 10.1. The smallest absolute Gasteiger partial charge is 0.271 e. The molecule has 0 aliphatic carbocycles. The van der Waals surface area contributed by atoms with Gasteiger partial charge < -0.3 is 9.47 Å². The van der Waals surface area contributed by atoms with Gasteiger partial charge in [0, 0.05) is 6.08 Å². The standard InChI is InChI=1S/C31H29NO5S/c1-3-24-14-18-27(19-15-24)32(38(34,35)28-12-8-5-9-13-28)31(33)21-17-25-16-20-29(30(22-25)36-2)37-23-26-10-6-4-7-11-26/h4-22H,3,23H2,1-2H3/b21-17+. The van der Waals surface area contributed by atoms with Gasteiger partial charge in [-0.3, -0.25) is 4.79 Å². The van der Waals surface area contributed by atoms with Crippen LogP contribution >= 0.6 is 0 Å². The minimum atomic E-state index is -4.14. The van der Waals surface area contributed by atoms with E-state index in [0.29, 0.717) is 23.7 Å². The van der Waals surface area contributed by atoms with Crippen LogP contribution in [-0.4, -0.2) is 21.4 Å². The summed E-state index contributed by atoms with van der Waals surface area (Å²) in [7, 11) is -2.60. The van der Waals surface area contributed by atoms with E-state index in [-0.39, 0.29) is 10.6 Å². The Morgan fingerprint density at radius 1 is 0.816 bits per heavy atom. The van der Waals surface area contributed by atoms with E-state index in [1.54, 1.807) is 54.6 Å². The fourth-order valence-electron chi connectivity index (χ4n) is 3.83. The number of carbonyl (C=O) groups is 1. The van der Waals surface area contributed by atoms with E-state index in [1.165, 1.54) is 25.3 Å². The minimum Gasteiger partial charge on any atom is -0.493 e. The number of rotatable bonds is 10. The molecule has 194 valence electrons. The van der Waals surface area contributed by atoms with Crippen LogP contribution < -0.4 is 13.8 Å². The first kappa shape index (κ1) is 26.7. The second-order valence-electron chi connectivity index (χ2n) is 8.46. The van der Waals surface area contributed by atoms with Crippen LogP contribution in [0.4, 0.5) is 5.69 Å². The molecule has 4 aromatic rings. The Bertz CT molecular complexity index is 1500. The Hall–Kier alpha value is -4.36. The first-order valence-electron chi connectivity index (χ1n) is 12.2. The van der Waals surface area contributed by atoms with E-state index in [0.717, 1.165) is 21.9 Å². The number of ether oxygens (including phenoxy) is 2. The molecule has 0 spiro atoms. The molecule has 38 heavy (non-hydrogen) atoms. The Morgan fingerprint density at radius 2 is 1.47 bits per heavy atom. The normalized spacial score (nSPS) is 11.3. The summed E-state index contributed by atoms with van der Waals surface area (Å²) in [5, 5.41) is 0. The van der Waals surface area contributed by atoms with E-state index in [4.69, 9.17) is 9.47 Å². The molecule has 6 nitrogen and oxygen atoms in total. The number of hydrogen-bond acceptors (Lipinski definition) is 5. The third-order valence-electron chi connectivity index (χ3n) is 5.90. The molecule has 0 aromatic heterocycles. The van der Waals surface area contributed by atoms with Gasteiger partial charge in [0.25, 0.3) is 15.9 Å². The van der Waals surface area contributed by atoms with Crippen LogP contribution in [0.5, 0.6) is 11.5 Å². The van der Waals surface area contributed by atoms with E-state index < -0.39 is 15.9 Å². The predicted molar refractivity (Wildman–Crippen MR) is 150 cm³/mol. The fraction of sp³-hybridized carbons (Fsp3) is 0.129. The lowest BCUT2D eigenvalue weighted by Gasteiger charge is -2.21. The zero-order chi connectivity index (χ0) is 27.0. The van der Waals surface area contributed by atoms with Crippen molar-refractivity contribution in [3.8, 4) is 11.5 Å². The highest BCUT2D eigenvalue weighted by Gasteiger charge is 2.29. The summed E-state index contributed by atoms with van der Waals surface area (Å²) in [4.78, 5) is 13.4. The number of nitrogens with zero attached hydrogens (tertiary/aromatic N) is 1. The number of sulfonamides is 1. The fourth-order valence-corrected chi connectivity index (χ4v) is 5.24. The lowest BCUT2D eigenvalue weighted by Crippen LogP contribution is -2.35. The summed E-state index contributed by atoms with van der Waals surface area (Å²) < 4.78 is 39.2. The maximum atomic E-state index is 13.5. The van der Waals surface area contributed by atoms with E-state index in [9.17, 15) is 13.2 Å². The number of aryl methyl sites for hydroxylation is 1. The number of benzene rings is 4. The van der Waals surface area contributed by atoms with Gasteiger partial charge >= 0.3 is 0 Å². The number of methoxy groups -OCH3 is 1. The summed E-state index contributed by atoms with van der Waals surface area (Å²) in [5.74, 6) is 0.366. The molecule has 0 saturated carbocycles. The van der Waals surface area contributed by atoms with Gasteiger partial charge in [0.15, 0.2) is 11.5 Å². The third-order valence-corrected chi connectivity index (χ3v) is 7.64. The van der Waals surface area contributed by atoms with Crippen molar-refractivity contribution in [3.05, 3.63) is 126 Å². The van der Waals surface area contributed by atoms with Crippen LogP contribution in [0.15, 0.2) is 114 Å². The first-order chi connectivity index (χ1) is 18.4. The quantitative estimate of drug-likeness (QED) is 0.227. The van der Waals surface area contributed by atoms with Gasteiger partial charge in [-0.15, -0.1) is 0 Å². The van der Waals surface area contributed by atoms with Crippen LogP contribution in [0.2, 0.25) is 0 Å². The van der Waals surface area contributed by atoms with Crippen LogP contribution in [0.3, 0.4) is 0 Å². The maximum absolute atomic E-state index is 13.5. The maximum Gasteiger partial charge on any atom is 0.271 e. The molecule has 0 saturated heterocycles.